The Hall–Kier alpha value is -0.163. The van der Waals surface area contributed by atoms with Crippen LogP contribution in [0.5, 0.6) is 0 Å². The minimum Gasteiger partial charge on any atom is -0.377 e. The average molecular weight is 190 g/mol. The van der Waals surface area contributed by atoms with Gasteiger partial charge in [-0.2, -0.15) is 0 Å². The lowest BCUT2D eigenvalue weighted by Gasteiger charge is -2.24. The predicted octanol–water partition coefficient (Wildman–Crippen LogP) is 1.83. The van der Waals surface area contributed by atoms with E-state index in [9.17, 15) is 0 Å². The molecule has 0 rings (SSSR count). The third-order valence-corrected chi connectivity index (χ3v) is 4.22. The highest BCUT2D eigenvalue weighted by Crippen LogP contribution is 2.13. The van der Waals surface area contributed by atoms with E-state index in [-0.39, 0.29) is 0 Å². The van der Waals surface area contributed by atoms with E-state index in [4.69, 9.17) is 13.3 Å². The van der Waals surface area contributed by atoms with E-state index >= 15 is 0 Å². The van der Waals surface area contributed by atoms with Crippen LogP contribution in [0, 0.1) is 0 Å². The molecule has 0 radical (unpaired) electrons. The largest absolute Gasteiger partial charge is 0.504 e. The highest BCUT2D eigenvalue weighted by Gasteiger charge is 2.36. The number of hydrogen-bond acceptors (Lipinski definition) is 3. The van der Waals surface area contributed by atoms with Gasteiger partial charge in [-0.05, 0) is 6.42 Å². The lowest BCUT2D eigenvalue weighted by atomic mass is 10.5. The van der Waals surface area contributed by atoms with E-state index in [0.717, 1.165) is 6.42 Å². The Morgan fingerprint density at radius 3 is 2.25 bits per heavy atom. The first-order valence-corrected chi connectivity index (χ1v) is 6.03. The van der Waals surface area contributed by atoms with Gasteiger partial charge in [0, 0.05) is 26.9 Å². The summed E-state index contributed by atoms with van der Waals surface area (Å²) in [5, 5.41) is 0. The van der Waals surface area contributed by atoms with Crippen LogP contribution in [0.2, 0.25) is 6.04 Å². The lowest BCUT2D eigenvalue weighted by molar-refractivity contribution is 0.102. The summed E-state index contributed by atoms with van der Waals surface area (Å²) >= 11 is 0. The standard InChI is InChI=1S/C8H18O3Si/c1-5-7-11-12(9-3,10-4)8-6-2/h6H,2,5,7-8H2,1,3-4H3. The fraction of sp³-hybridized carbons (Fsp3) is 0.750. The SMILES string of the molecule is C=CC[Si](OC)(OC)OCCC. The molecule has 0 N–H and O–H groups in total. The summed E-state index contributed by atoms with van der Waals surface area (Å²) < 4.78 is 16.0. The molecule has 3 nitrogen and oxygen atoms in total. The van der Waals surface area contributed by atoms with E-state index in [2.05, 4.69) is 13.5 Å². The minimum absolute atomic E-state index is 0.667. The Bertz CT molecular complexity index is 123. The fourth-order valence-corrected chi connectivity index (χ4v) is 2.58. The summed E-state index contributed by atoms with van der Waals surface area (Å²) in [6.45, 7) is 6.38. The van der Waals surface area contributed by atoms with Crippen LogP contribution in [0.1, 0.15) is 13.3 Å². The molecule has 4 heteroatoms. The lowest BCUT2D eigenvalue weighted by Crippen LogP contribution is -2.43. The smallest absolute Gasteiger partial charge is 0.377 e. The van der Waals surface area contributed by atoms with E-state index in [0.29, 0.717) is 12.7 Å². The second kappa shape index (κ2) is 6.36. The van der Waals surface area contributed by atoms with Gasteiger partial charge in [-0.15, -0.1) is 6.58 Å². The Balaban J connectivity index is 4.03. The van der Waals surface area contributed by atoms with Crippen molar-refractivity contribution < 1.29 is 13.3 Å². The summed E-state index contributed by atoms with van der Waals surface area (Å²) in [7, 11) is 0.857. The molecule has 0 bridgehead atoms. The van der Waals surface area contributed by atoms with Gasteiger partial charge in [0.25, 0.3) is 0 Å². The van der Waals surface area contributed by atoms with Crippen molar-refractivity contribution in [1.82, 2.24) is 0 Å². The number of hydrogen-bond donors (Lipinski definition) is 0. The molecule has 0 aliphatic rings. The molecule has 0 aromatic carbocycles. The molecule has 0 aliphatic heterocycles. The molecule has 0 fully saturated rings. The van der Waals surface area contributed by atoms with Gasteiger partial charge in [-0.1, -0.05) is 13.0 Å². The molecule has 12 heavy (non-hydrogen) atoms. The molecule has 0 spiro atoms. The average Bonchev–Trinajstić information content (AvgIpc) is 2.13. The molecule has 0 aromatic heterocycles. The molecule has 0 saturated carbocycles. The molecule has 72 valence electrons. The zero-order valence-electron chi connectivity index (χ0n) is 8.13. The summed E-state index contributed by atoms with van der Waals surface area (Å²) in [6.07, 6.45) is 2.74. The predicted molar refractivity (Wildman–Crippen MR) is 51.0 cm³/mol. The zero-order chi connectivity index (χ0) is 9.45. The number of rotatable bonds is 7. The van der Waals surface area contributed by atoms with Crippen molar-refractivity contribution in [2.45, 2.75) is 19.4 Å². The Labute approximate surface area is 75.7 Å². The molecular weight excluding hydrogens is 172 g/mol. The summed E-state index contributed by atoms with van der Waals surface area (Å²) in [5.74, 6) is 0. The van der Waals surface area contributed by atoms with Gasteiger partial charge in [0.05, 0.1) is 0 Å². The maximum absolute atomic E-state index is 5.54. The van der Waals surface area contributed by atoms with E-state index in [1.165, 1.54) is 0 Å². The van der Waals surface area contributed by atoms with Gasteiger partial charge >= 0.3 is 8.80 Å². The monoisotopic (exact) mass is 190 g/mol. The van der Waals surface area contributed by atoms with Gasteiger partial charge < -0.3 is 13.3 Å². The Morgan fingerprint density at radius 2 is 1.92 bits per heavy atom. The van der Waals surface area contributed by atoms with Crippen molar-refractivity contribution in [3.8, 4) is 0 Å². The fourth-order valence-electron chi connectivity index (χ4n) is 0.861. The zero-order valence-corrected chi connectivity index (χ0v) is 9.13. The van der Waals surface area contributed by atoms with Crippen LogP contribution in [0.15, 0.2) is 12.7 Å². The molecule has 0 amide bonds. The number of allylic oxidation sites excluding steroid dienone is 1. The quantitative estimate of drug-likeness (QED) is 0.453. The van der Waals surface area contributed by atoms with Crippen LogP contribution in [0.25, 0.3) is 0 Å². The second-order valence-electron chi connectivity index (χ2n) is 2.43. The topological polar surface area (TPSA) is 27.7 Å². The summed E-state index contributed by atoms with van der Waals surface area (Å²) in [4.78, 5) is 0. The Morgan fingerprint density at radius 1 is 1.33 bits per heavy atom. The van der Waals surface area contributed by atoms with Crippen LogP contribution in [-0.4, -0.2) is 29.6 Å². The van der Waals surface area contributed by atoms with Crippen molar-refractivity contribution in [3.63, 3.8) is 0 Å². The normalized spacial score (nSPS) is 11.6. The Kier molecular flexibility index (Phi) is 6.28. The first-order valence-electron chi connectivity index (χ1n) is 4.09. The van der Waals surface area contributed by atoms with E-state index in [1.807, 2.05) is 0 Å². The molecular formula is C8H18O3Si. The van der Waals surface area contributed by atoms with Crippen molar-refractivity contribution in [2.75, 3.05) is 20.8 Å². The molecule has 0 aromatic rings. The van der Waals surface area contributed by atoms with Crippen molar-refractivity contribution in [2.24, 2.45) is 0 Å². The van der Waals surface area contributed by atoms with Crippen LogP contribution in [-0.2, 0) is 13.3 Å². The van der Waals surface area contributed by atoms with E-state index < -0.39 is 8.80 Å². The summed E-state index contributed by atoms with van der Waals surface area (Å²) in [6, 6.07) is 0.667. The highest BCUT2D eigenvalue weighted by molar-refractivity contribution is 6.61. The van der Waals surface area contributed by atoms with Crippen LogP contribution in [0.4, 0.5) is 0 Å². The highest BCUT2D eigenvalue weighted by atomic mass is 28.4. The minimum atomic E-state index is -2.38. The summed E-state index contributed by atoms with van der Waals surface area (Å²) in [5.41, 5.74) is 0. The van der Waals surface area contributed by atoms with E-state index in [1.54, 1.807) is 20.3 Å². The molecule has 0 atom stereocenters. The molecule has 0 unspecified atom stereocenters. The maximum Gasteiger partial charge on any atom is 0.504 e. The van der Waals surface area contributed by atoms with Crippen LogP contribution in [0.3, 0.4) is 0 Å². The van der Waals surface area contributed by atoms with Gasteiger partial charge in [0.15, 0.2) is 0 Å². The first kappa shape index (κ1) is 11.8. The van der Waals surface area contributed by atoms with Crippen molar-refractivity contribution in [3.05, 3.63) is 12.7 Å². The molecule has 0 aliphatic carbocycles. The van der Waals surface area contributed by atoms with Gasteiger partial charge in [-0.25, -0.2) is 0 Å². The van der Waals surface area contributed by atoms with Crippen LogP contribution < -0.4 is 0 Å². The van der Waals surface area contributed by atoms with Gasteiger partial charge in [0.2, 0.25) is 0 Å². The van der Waals surface area contributed by atoms with Crippen LogP contribution >= 0.6 is 0 Å². The maximum atomic E-state index is 5.54. The van der Waals surface area contributed by atoms with Gasteiger partial charge in [-0.3, -0.25) is 0 Å². The molecule has 0 saturated heterocycles. The van der Waals surface area contributed by atoms with Gasteiger partial charge in [0.1, 0.15) is 0 Å². The third kappa shape index (κ3) is 3.49. The molecule has 0 heterocycles. The first-order chi connectivity index (χ1) is 5.74. The van der Waals surface area contributed by atoms with Crippen molar-refractivity contribution >= 4 is 8.80 Å². The third-order valence-electron chi connectivity index (χ3n) is 1.54. The second-order valence-corrected chi connectivity index (χ2v) is 5.31. The van der Waals surface area contributed by atoms with Crippen molar-refractivity contribution in [1.29, 1.82) is 0 Å².